The van der Waals surface area contributed by atoms with E-state index < -0.39 is 45.4 Å². The summed E-state index contributed by atoms with van der Waals surface area (Å²) in [6, 6.07) is 15.8. The van der Waals surface area contributed by atoms with Gasteiger partial charge < -0.3 is 4.74 Å². The summed E-state index contributed by atoms with van der Waals surface area (Å²) in [7, 11) is 0. The third-order valence-corrected chi connectivity index (χ3v) is 11.5. The van der Waals surface area contributed by atoms with Gasteiger partial charge in [-0.25, -0.2) is 14.5 Å². The molecule has 0 aliphatic carbocycles. The molecule has 3 amide bonds. The van der Waals surface area contributed by atoms with E-state index in [2.05, 4.69) is 29.5 Å². The molecule has 2 N–H and O–H groups in total. The second-order valence-corrected chi connectivity index (χ2v) is 16.8. The molecule has 2 atom stereocenters. The number of benzene rings is 3. The SMILES string of the molecule is CCCCCCCCCCCCC=CCCC(Cl)CC1CC(=O)N(N(c2ccccc2)c2[nH]n(-c3c(Cl)cc(Cl)cc3Cl)c(=O)c2OC(=O)Nc2ccc([N+](=O)[O-])cc2)C1=O. The fourth-order valence-electron chi connectivity index (χ4n) is 7.13. The molecule has 1 fully saturated rings. The number of nitrogens with one attached hydrogen (secondary N) is 2. The molecule has 0 radical (unpaired) electrons. The van der Waals surface area contributed by atoms with Gasteiger partial charge in [-0.15, -0.1) is 11.6 Å². The number of carbonyl (C=O) groups is 3. The lowest BCUT2D eigenvalue weighted by Gasteiger charge is -2.31. The van der Waals surface area contributed by atoms with Crippen molar-refractivity contribution in [2.24, 2.45) is 5.92 Å². The monoisotopic (exact) mass is 914 g/mol. The Balaban J connectivity index is 1.32. The van der Waals surface area contributed by atoms with Crippen molar-refractivity contribution < 1.29 is 24.0 Å². The Bertz CT molecular complexity index is 2190. The van der Waals surface area contributed by atoms with E-state index in [0.717, 1.165) is 34.0 Å². The lowest BCUT2D eigenvalue weighted by Crippen LogP contribution is -2.44. The summed E-state index contributed by atoms with van der Waals surface area (Å²) in [5.41, 5.74) is -0.877. The van der Waals surface area contributed by atoms with Crippen molar-refractivity contribution in [3.63, 3.8) is 0 Å². The summed E-state index contributed by atoms with van der Waals surface area (Å²) >= 11 is 26.0. The van der Waals surface area contributed by atoms with Gasteiger partial charge in [-0.05, 0) is 68.5 Å². The summed E-state index contributed by atoms with van der Waals surface area (Å²) < 4.78 is 6.53. The highest BCUT2D eigenvalue weighted by atomic mass is 35.5. The first-order valence-corrected chi connectivity index (χ1v) is 22.2. The third-order valence-electron chi connectivity index (χ3n) is 10.3. The normalized spacial score (nSPS) is 14.5. The Morgan fingerprint density at radius 1 is 0.918 bits per heavy atom. The molecule has 1 saturated heterocycles. The largest absolute Gasteiger partial charge is 0.417 e. The third kappa shape index (κ3) is 13.1. The smallest absolute Gasteiger partial charge is 0.400 e. The molecule has 17 heteroatoms. The van der Waals surface area contributed by atoms with E-state index in [1.165, 1.54) is 94.2 Å². The molecule has 0 saturated carbocycles. The lowest BCUT2D eigenvalue weighted by molar-refractivity contribution is -0.384. The van der Waals surface area contributed by atoms with Crippen LogP contribution in [0.1, 0.15) is 103 Å². The number of rotatable bonds is 23. The molecular formula is C44H50Cl4N6O7. The fourth-order valence-corrected chi connectivity index (χ4v) is 8.46. The van der Waals surface area contributed by atoms with Crippen LogP contribution in [0.25, 0.3) is 5.69 Å². The number of H-pyrrole nitrogens is 1. The first-order valence-electron chi connectivity index (χ1n) is 20.6. The van der Waals surface area contributed by atoms with E-state index in [-0.39, 0.29) is 56.5 Å². The molecule has 1 aliphatic rings. The highest BCUT2D eigenvalue weighted by Crippen LogP contribution is 2.39. The van der Waals surface area contributed by atoms with Crippen molar-refractivity contribution >= 4 is 87.2 Å². The first-order chi connectivity index (χ1) is 29.4. The molecule has 61 heavy (non-hydrogen) atoms. The number of nitro groups is 1. The molecule has 1 aliphatic heterocycles. The molecule has 0 spiro atoms. The number of hydrogen-bond acceptors (Lipinski definition) is 8. The van der Waals surface area contributed by atoms with Crippen LogP contribution in [0, 0.1) is 16.0 Å². The number of nitro benzene ring substituents is 1. The molecule has 4 aromatic rings. The molecule has 5 rings (SSSR count). The standard InChI is InChI=1S/C44H50Cl4N6O7/c1-2-3-4-5-6-7-8-9-10-11-12-13-14-16-19-31(45)26-30-27-38(55)53(42(30)56)52(34-20-17-15-18-21-34)41-40(61-44(58)49-33-22-24-35(25-23-33)54(59)60)43(57)51(50-41)39-36(47)28-32(46)29-37(39)48/h13-15,17-18,20-25,28-31,50H,2-12,16,19,26-27H2,1H3,(H,49,58). The lowest BCUT2D eigenvalue weighted by atomic mass is 9.99. The van der Waals surface area contributed by atoms with Gasteiger partial charge in [0.25, 0.3) is 11.6 Å². The van der Waals surface area contributed by atoms with E-state index in [0.29, 0.717) is 6.42 Å². The summed E-state index contributed by atoms with van der Waals surface area (Å²) in [6.45, 7) is 2.24. The summed E-state index contributed by atoms with van der Waals surface area (Å²) in [4.78, 5) is 66.3. The summed E-state index contributed by atoms with van der Waals surface area (Å²) in [5, 5.41) is 18.2. The summed E-state index contributed by atoms with van der Waals surface area (Å²) in [5.74, 6) is -2.88. The van der Waals surface area contributed by atoms with Gasteiger partial charge in [0.1, 0.15) is 5.69 Å². The zero-order chi connectivity index (χ0) is 43.9. The number of para-hydroxylation sites is 1. The highest BCUT2D eigenvalue weighted by Gasteiger charge is 2.45. The number of unbranched alkanes of at least 4 members (excludes halogenated alkanes) is 10. The van der Waals surface area contributed by atoms with Gasteiger partial charge in [-0.1, -0.05) is 130 Å². The van der Waals surface area contributed by atoms with Crippen molar-refractivity contribution in [3.05, 3.63) is 114 Å². The predicted molar refractivity (Wildman–Crippen MR) is 242 cm³/mol. The number of amides is 3. The predicted octanol–water partition coefficient (Wildman–Crippen LogP) is 12.7. The number of hydrazine groups is 1. The Morgan fingerprint density at radius 2 is 1.52 bits per heavy atom. The number of halogens is 4. The molecular weight excluding hydrogens is 866 g/mol. The first kappa shape index (κ1) is 47.2. The average molecular weight is 917 g/mol. The van der Waals surface area contributed by atoms with E-state index in [1.807, 2.05) is 0 Å². The average Bonchev–Trinajstić information content (AvgIpc) is 3.67. The topological polar surface area (TPSA) is 160 Å². The number of imide groups is 1. The molecule has 2 unspecified atom stereocenters. The molecule has 2 heterocycles. The Morgan fingerprint density at radius 3 is 2.15 bits per heavy atom. The fraction of sp³-hybridized carbons (Fsp3) is 0.409. The van der Waals surface area contributed by atoms with Crippen molar-refractivity contribution in [3.8, 4) is 11.4 Å². The second kappa shape index (κ2) is 23.4. The van der Waals surface area contributed by atoms with Crippen LogP contribution >= 0.6 is 46.4 Å². The number of aromatic nitrogens is 2. The number of alkyl halides is 1. The molecule has 13 nitrogen and oxygen atoms in total. The van der Waals surface area contributed by atoms with Crippen molar-refractivity contribution in [1.82, 2.24) is 14.8 Å². The quantitative estimate of drug-likeness (QED) is 0.0186. The van der Waals surface area contributed by atoms with Gasteiger partial charge >= 0.3 is 11.7 Å². The number of allylic oxidation sites excluding steroid dienone is 2. The van der Waals surface area contributed by atoms with Gasteiger partial charge in [0.2, 0.25) is 11.7 Å². The minimum absolute atomic E-state index is 0.0456. The van der Waals surface area contributed by atoms with Gasteiger partial charge in [-0.2, -0.15) is 5.01 Å². The minimum atomic E-state index is -1.17. The molecule has 1 aromatic heterocycles. The van der Waals surface area contributed by atoms with E-state index in [9.17, 15) is 29.3 Å². The Kier molecular flexibility index (Phi) is 18.1. The maximum absolute atomic E-state index is 14.3. The van der Waals surface area contributed by atoms with Gasteiger partial charge in [0, 0.05) is 34.6 Å². The number of hydrogen-bond donors (Lipinski definition) is 2. The van der Waals surface area contributed by atoms with Crippen LogP contribution in [-0.4, -0.2) is 43.0 Å². The Hall–Kier alpha value is -4.82. The van der Waals surface area contributed by atoms with Crippen LogP contribution in [0.2, 0.25) is 15.1 Å². The maximum Gasteiger partial charge on any atom is 0.417 e. The molecule has 3 aromatic carbocycles. The van der Waals surface area contributed by atoms with E-state index in [4.69, 9.17) is 51.1 Å². The van der Waals surface area contributed by atoms with Crippen LogP contribution < -0.4 is 20.6 Å². The van der Waals surface area contributed by atoms with Crippen molar-refractivity contribution in [1.29, 1.82) is 0 Å². The number of non-ortho nitro benzene ring substituents is 1. The minimum Gasteiger partial charge on any atom is -0.400 e. The Labute approximate surface area is 375 Å². The zero-order valence-corrected chi connectivity index (χ0v) is 36.9. The zero-order valence-electron chi connectivity index (χ0n) is 33.9. The van der Waals surface area contributed by atoms with Crippen LogP contribution in [0.4, 0.5) is 27.7 Å². The van der Waals surface area contributed by atoms with Crippen LogP contribution in [0.15, 0.2) is 83.7 Å². The van der Waals surface area contributed by atoms with Crippen LogP contribution in [0.3, 0.4) is 0 Å². The van der Waals surface area contributed by atoms with Gasteiger partial charge in [0.05, 0.1) is 26.6 Å². The summed E-state index contributed by atoms with van der Waals surface area (Å²) in [6.07, 6.45) is 18.4. The number of nitrogens with zero attached hydrogens (tertiary/aromatic N) is 4. The van der Waals surface area contributed by atoms with Crippen molar-refractivity contribution in [2.45, 2.75) is 109 Å². The van der Waals surface area contributed by atoms with Crippen LogP contribution in [0.5, 0.6) is 5.75 Å². The van der Waals surface area contributed by atoms with Gasteiger partial charge in [0.15, 0.2) is 5.82 Å². The van der Waals surface area contributed by atoms with E-state index >= 15 is 0 Å². The number of ether oxygens (including phenoxy) is 1. The van der Waals surface area contributed by atoms with Crippen molar-refractivity contribution in [2.75, 3.05) is 10.3 Å². The van der Waals surface area contributed by atoms with Crippen LogP contribution in [-0.2, 0) is 9.59 Å². The maximum atomic E-state index is 14.3. The number of aromatic amines is 1. The number of carbonyl (C=O) groups excluding carboxylic acids is 3. The highest BCUT2D eigenvalue weighted by molar-refractivity contribution is 6.40. The number of anilines is 3. The molecule has 0 bridgehead atoms. The second-order valence-electron chi connectivity index (χ2n) is 14.9. The van der Waals surface area contributed by atoms with E-state index in [1.54, 1.807) is 30.3 Å². The van der Waals surface area contributed by atoms with Gasteiger partial charge in [-0.3, -0.25) is 34.9 Å². The molecule has 326 valence electrons.